The van der Waals surface area contributed by atoms with Gasteiger partial charge in [-0.15, -0.1) is 0 Å². The Labute approximate surface area is 127 Å². The fraction of sp³-hybridized carbons (Fsp3) is 0.562. The molecule has 1 amide bonds. The summed E-state index contributed by atoms with van der Waals surface area (Å²) >= 11 is 0. The van der Waals surface area contributed by atoms with Crippen LogP contribution in [0.4, 0.5) is 0 Å². The third kappa shape index (κ3) is 5.73. The third-order valence-electron chi connectivity index (χ3n) is 3.24. The van der Waals surface area contributed by atoms with Gasteiger partial charge in [0.2, 0.25) is 5.91 Å². The Morgan fingerprint density at radius 1 is 1.38 bits per heavy atom. The van der Waals surface area contributed by atoms with Gasteiger partial charge in [0, 0.05) is 32.9 Å². The maximum absolute atomic E-state index is 12.2. The van der Waals surface area contributed by atoms with Crippen molar-refractivity contribution < 1.29 is 14.3 Å². The van der Waals surface area contributed by atoms with Crippen molar-refractivity contribution in [3.05, 3.63) is 29.8 Å². The molecule has 0 aliphatic rings. The monoisotopic (exact) mass is 294 g/mol. The summed E-state index contributed by atoms with van der Waals surface area (Å²) in [6.07, 6.45) is 1.41. The molecular formula is C16H26N2O3. The van der Waals surface area contributed by atoms with E-state index in [-0.39, 0.29) is 5.91 Å². The Kier molecular flexibility index (Phi) is 7.79. The summed E-state index contributed by atoms with van der Waals surface area (Å²) in [5.74, 6) is 0.755. The number of carbonyl (C=O) groups is 1. The van der Waals surface area contributed by atoms with Gasteiger partial charge in [-0.05, 0) is 25.8 Å². The summed E-state index contributed by atoms with van der Waals surface area (Å²) in [6.45, 7) is 3.66. The highest BCUT2D eigenvalue weighted by Crippen LogP contribution is 2.19. The summed E-state index contributed by atoms with van der Waals surface area (Å²) in [6, 6.07) is 7.26. The first-order chi connectivity index (χ1) is 10.1. The number of para-hydroxylation sites is 1. The Bertz CT molecular complexity index is 437. The average Bonchev–Trinajstić information content (AvgIpc) is 2.48. The van der Waals surface area contributed by atoms with Crippen molar-refractivity contribution in [3.8, 4) is 5.75 Å². The third-order valence-corrected chi connectivity index (χ3v) is 3.24. The van der Waals surface area contributed by atoms with E-state index < -0.39 is 6.04 Å². The van der Waals surface area contributed by atoms with Gasteiger partial charge in [0.1, 0.15) is 5.75 Å². The largest absolute Gasteiger partial charge is 0.494 e. The molecule has 1 unspecified atom stereocenters. The van der Waals surface area contributed by atoms with Crippen molar-refractivity contribution in [3.63, 3.8) is 0 Å². The van der Waals surface area contributed by atoms with Crippen LogP contribution in [0, 0.1) is 0 Å². The first kappa shape index (κ1) is 17.5. The van der Waals surface area contributed by atoms with E-state index >= 15 is 0 Å². The van der Waals surface area contributed by atoms with Crippen molar-refractivity contribution >= 4 is 5.91 Å². The number of nitrogens with zero attached hydrogens (tertiary/aromatic N) is 1. The Balaban J connectivity index is 2.59. The highest BCUT2D eigenvalue weighted by molar-refractivity contribution is 5.81. The number of nitrogens with two attached hydrogens (primary N) is 1. The van der Waals surface area contributed by atoms with Gasteiger partial charge in [0.05, 0.1) is 12.6 Å². The molecule has 118 valence electrons. The second kappa shape index (κ2) is 9.37. The molecule has 0 heterocycles. The fourth-order valence-corrected chi connectivity index (χ4v) is 2.12. The van der Waals surface area contributed by atoms with Crippen LogP contribution in [0.3, 0.4) is 0 Å². The number of likely N-dealkylation sites (N-methyl/N-ethyl adjacent to an activating group) is 1. The van der Waals surface area contributed by atoms with Crippen molar-refractivity contribution in [1.82, 2.24) is 4.90 Å². The molecule has 2 N–H and O–H groups in total. The minimum atomic E-state index is -0.482. The molecule has 0 radical (unpaired) electrons. The highest BCUT2D eigenvalue weighted by atomic mass is 16.5. The smallest absolute Gasteiger partial charge is 0.239 e. The van der Waals surface area contributed by atoms with Crippen molar-refractivity contribution in [2.75, 3.05) is 27.4 Å². The van der Waals surface area contributed by atoms with E-state index in [0.29, 0.717) is 26.2 Å². The number of hydrogen-bond acceptors (Lipinski definition) is 4. The molecule has 0 saturated heterocycles. The highest BCUT2D eigenvalue weighted by Gasteiger charge is 2.18. The predicted molar refractivity (Wildman–Crippen MR) is 83.2 cm³/mol. The number of hydrogen-bond donors (Lipinski definition) is 1. The molecule has 1 aromatic carbocycles. The van der Waals surface area contributed by atoms with Crippen molar-refractivity contribution in [2.24, 2.45) is 5.73 Å². The minimum absolute atomic E-state index is 0.0580. The summed E-state index contributed by atoms with van der Waals surface area (Å²) in [4.78, 5) is 13.9. The van der Waals surface area contributed by atoms with Gasteiger partial charge in [0.15, 0.2) is 0 Å². The minimum Gasteiger partial charge on any atom is -0.494 e. The van der Waals surface area contributed by atoms with Crippen LogP contribution in [0.2, 0.25) is 0 Å². The lowest BCUT2D eigenvalue weighted by atomic mass is 10.1. The number of amides is 1. The van der Waals surface area contributed by atoms with Gasteiger partial charge < -0.3 is 20.1 Å². The molecule has 5 heteroatoms. The molecule has 0 aliphatic heterocycles. The lowest BCUT2D eigenvalue weighted by molar-refractivity contribution is -0.132. The second-order valence-electron chi connectivity index (χ2n) is 4.98. The number of carbonyl (C=O) groups excluding carboxylic acids is 1. The lowest BCUT2D eigenvalue weighted by Crippen LogP contribution is -2.41. The van der Waals surface area contributed by atoms with Gasteiger partial charge in [-0.1, -0.05) is 18.2 Å². The van der Waals surface area contributed by atoms with E-state index in [1.54, 1.807) is 19.1 Å². The molecule has 1 atom stereocenters. The number of benzene rings is 1. The van der Waals surface area contributed by atoms with Crippen LogP contribution in [-0.4, -0.2) is 44.2 Å². The summed E-state index contributed by atoms with van der Waals surface area (Å²) in [5, 5.41) is 0. The molecular weight excluding hydrogens is 268 g/mol. The van der Waals surface area contributed by atoms with Gasteiger partial charge in [-0.2, -0.15) is 0 Å². The zero-order valence-electron chi connectivity index (χ0n) is 13.2. The van der Waals surface area contributed by atoms with Crippen LogP contribution < -0.4 is 10.5 Å². The standard InChI is InChI=1S/C16H26N2O3/c1-4-21-15-10-6-5-8-13(15)12-18(2)16(19)14(17)9-7-11-20-3/h5-6,8,10,14H,4,7,9,11-12,17H2,1-3H3. The molecule has 1 rings (SSSR count). The lowest BCUT2D eigenvalue weighted by Gasteiger charge is -2.22. The van der Waals surface area contributed by atoms with E-state index in [1.165, 1.54) is 0 Å². The van der Waals surface area contributed by atoms with Crippen molar-refractivity contribution in [2.45, 2.75) is 32.4 Å². The Morgan fingerprint density at radius 3 is 2.76 bits per heavy atom. The van der Waals surface area contributed by atoms with E-state index in [0.717, 1.165) is 17.7 Å². The average molecular weight is 294 g/mol. The zero-order valence-corrected chi connectivity index (χ0v) is 13.2. The first-order valence-corrected chi connectivity index (χ1v) is 7.30. The van der Waals surface area contributed by atoms with Crippen LogP contribution in [0.15, 0.2) is 24.3 Å². The first-order valence-electron chi connectivity index (χ1n) is 7.30. The summed E-state index contributed by atoms with van der Waals surface area (Å²) < 4.78 is 10.5. The zero-order chi connectivity index (χ0) is 15.7. The van der Waals surface area contributed by atoms with Crippen molar-refractivity contribution in [1.29, 1.82) is 0 Å². The molecule has 0 fully saturated rings. The Morgan fingerprint density at radius 2 is 2.10 bits per heavy atom. The molecule has 5 nitrogen and oxygen atoms in total. The second-order valence-corrected chi connectivity index (χ2v) is 4.98. The van der Waals surface area contributed by atoms with Crippen LogP contribution in [-0.2, 0) is 16.1 Å². The van der Waals surface area contributed by atoms with Crippen LogP contribution in [0.5, 0.6) is 5.75 Å². The topological polar surface area (TPSA) is 64.8 Å². The van der Waals surface area contributed by atoms with E-state index in [9.17, 15) is 4.79 Å². The predicted octanol–water partition coefficient (Wildman–Crippen LogP) is 1.80. The molecule has 0 aromatic heterocycles. The van der Waals surface area contributed by atoms with Gasteiger partial charge >= 0.3 is 0 Å². The van der Waals surface area contributed by atoms with Crippen LogP contribution in [0.25, 0.3) is 0 Å². The molecule has 0 aliphatic carbocycles. The number of methoxy groups -OCH3 is 1. The fourth-order valence-electron chi connectivity index (χ4n) is 2.12. The molecule has 21 heavy (non-hydrogen) atoms. The summed E-state index contributed by atoms with van der Waals surface area (Å²) in [5.41, 5.74) is 6.92. The number of rotatable bonds is 9. The molecule has 0 bridgehead atoms. The van der Waals surface area contributed by atoms with E-state index in [4.69, 9.17) is 15.2 Å². The van der Waals surface area contributed by atoms with Crippen LogP contribution in [0.1, 0.15) is 25.3 Å². The SMILES string of the molecule is CCOc1ccccc1CN(C)C(=O)C(N)CCCOC. The maximum atomic E-state index is 12.2. The quantitative estimate of drug-likeness (QED) is 0.705. The number of ether oxygens (including phenoxy) is 2. The van der Waals surface area contributed by atoms with Gasteiger partial charge in [-0.25, -0.2) is 0 Å². The maximum Gasteiger partial charge on any atom is 0.239 e. The van der Waals surface area contributed by atoms with E-state index in [1.807, 2.05) is 31.2 Å². The van der Waals surface area contributed by atoms with E-state index in [2.05, 4.69) is 0 Å². The molecule has 0 saturated carbocycles. The molecule has 1 aromatic rings. The summed E-state index contributed by atoms with van der Waals surface area (Å²) in [7, 11) is 3.41. The van der Waals surface area contributed by atoms with Gasteiger partial charge in [-0.3, -0.25) is 4.79 Å². The van der Waals surface area contributed by atoms with Crippen LogP contribution >= 0.6 is 0 Å². The Hall–Kier alpha value is -1.59. The van der Waals surface area contributed by atoms with Gasteiger partial charge in [0.25, 0.3) is 0 Å². The normalized spacial score (nSPS) is 12.0. The molecule has 0 spiro atoms.